The van der Waals surface area contributed by atoms with Gasteiger partial charge in [0.2, 0.25) is 0 Å². The van der Waals surface area contributed by atoms with Gasteiger partial charge in [0.25, 0.3) is 11.5 Å². The highest BCUT2D eigenvalue weighted by Crippen LogP contribution is 2.19. The number of nitrogens with one attached hydrogen (secondary N) is 2. The first-order valence-electron chi connectivity index (χ1n) is 11.2. The Kier molecular flexibility index (Phi) is 5.75. The molecule has 3 heterocycles. The predicted octanol–water partition coefficient (Wildman–Crippen LogP) is 2.85. The Morgan fingerprint density at radius 2 is 1.88 bits per heavy atom. The van der Waals surface area contributed by atoms with Gasteiger partial charge in [0.05, 0.1) is 17.4 Å². The largest absolute Gasteiger partial charge is 0.352 e. The lowest BCUT2D eigenvalue weighted by Crippen LogP contribution is -2.36. The summed E-state index contributed by atoms with van der Waals surface area (Å²) in [5.41, 5.74) is 2.89. The number of carbonyl (C=O) groups excluding carboxylic acids is 1. The number of para-hydroxylation sites is 1. The summed E-state index contributed by atoms with van der Waals surface area (Å²) in [4.78, 5) is 30.3. The third-order valence-electron chi connectivity index (χ3n) is 6.31. The number of hydrogen-bond acceptors (Lipinski definition) is 5. The van der Waals surface area contributed by atoms with E-state index in [1.54, 1.807) is 23.0 Å². The molecule has 5 rings (SSSR count). The summed E-state index contributed by atoms with van der Waals surface area (Å²) in [6, 6.07) is 16.6. The summed E-state index contributed by atoms with van der Waals surface area (Å²) < 4.78 is 1.60. The van der Waals surface area contributed by atoms with Crippen molar-refractivity contribution in [2.24, 2.45) is 5.92 Å². The summed E-state index contributed by atoms with van der Waals surface area (Å²) in [5, 5.41) is 12.3. The molecule has 0 radical (unpaired) electrons. The first-order valence-corrected chi connectivity index (χ1v) is 11.2. The maximum atomic E-state index is 12.5. The number of pyridine rings is 1. The average Bonchev–Trinajstić information content (AvgIpc) is 3.33. The summed E-state index contributed by atoms with van der Waals surface area (Å²) in [6.45, 7) is 2.88. The van der Waals surface area contributed by atoms with Crippen LogP contribution < -0.4 is 10.9 Å². The maximum absolute atomic E-state index is 12.5. The molecular formula is C25H26N6O2. The molecule has 168 valence electrons. The number of likely N-dealkylation sites (tertiary alicyclic amines) is 1. The van der Waals surface area contributed by atoms with Gasteiger partial charge in [0.15, 0.2) is 0 Å². The van der Waals surface area contributed by atoms with Crippen molar-refractivity contribution in [2.45, 2.75) is 12.8 Å². The maximum Gasteiger partial charge on any atom is 0.258 e. The second-order valence-electron chi connectivity index (χ2n) is 8.65. The second-order valence-corrected chi connectivity index (χ2v) is 8.65. The number of benzene rings is 2. The number of aromatic amines is 1. The number of aromatic nitrogens is 4. The van der Waals surface area contributed by atoms with Crippen molar-refractivity contribution in [3.05, 3.63) is 76.7 Å². The van der Waals surface area contributed by atoms with E-state index >= 15 is 0 Å². The molecule has 0 aliphatic carbocycles. The van der Waals surface area contributed by atoms with E-state index in [0.29, 0.717) is 29.3 Å². The highest BCUT2D eigenvalue weighted by molar-refractivity contribution is 5.94. The van der Waals surface area contributed by atoms with Crippen molar-refractivity contribution in [1.29, 1.82) is 0 Å². The van der Waals surface area contributed by atoms with Gasteiger partial charge in [-0.1, -0.05) is 23.4 Å². The van der Waals surface area contributed by atoms with Crippen molar-refractivity contribution in [1.82, 2.24) is 30.2 Å². The van der Waals surface area contributed by atoms with Crippen molar-refractivity contribution in [2.75, 3.05) is 26.7 Å². The van der Waals surface area contributed by atoms with Gasteiger partial charge in [-0.05, 0) is 80.7 Å². The predicted molar refractivity (Wildman–Crippen MR) is 127 cm³/mol. The fourth-order valence-electron chi connectivity index (χ4n) is 4.22. The van der Waals surface area contributed by atoms with E-state index in [1.165, 1.54) is 0 Å². The topological polar surface area (TPSA) is 95.9 Å². The zero-order chi connectivity index (χ0) is 22.8. The molecule has 2 aromatic heterocycles. The Labute approximate surface area is 191 Å². The number of H-pyrrole nitrogens is 1. The molecule has 0 bridgehead atoms. The van der Waals surface area contributed by atoms with Crippen LogP contribution in [0, 0.1) is 5.92 Å². The van der Waals surface area contributed by atoms with Crippen LogP contribution in [0.1, 0.15) is 23.2 Å². The van der Waals surface area contributed by atoms with E-state index in [4.69, 9.17) is 0 Å². The number of hydrogen-bond donors (Lipinski definition) is 2. The minimum absolute atomic E-state index is 0.0672. The lowest BCUT2D eigenvalue weighted by Gasteiger charge is -2.28. The molecule has 1 aliphatic heterocycles. The third kappa shape index (κ3) is 4.56. The molecule has 0 saturated carbocycles. The zero-order valence-corrected chi connectivity index (χ0v) is 18.5. The van der Waals surface area contributed by atoms with Crippen LogP contribution in [0.15, 0.2) is 65.6 Å². The number of piperidine rings is 1. The van der Waals surface area contributed by atoms with E-state index in [-0.39, 0.29) is 11.5 Å². The number of carbonyl (C=O) groups is 1. The normalized spacial score (nSPS) is 15.1. The van der Waals surface area contributed by atoms with Gasteiger partial charge in [-0.3, -0.25) is 9.59 Å². The minimum atomic E-state index is -0.211. The zero-order valence-electron chi connectivity index (χ0n) is 18.5. The smallest absolute Gasteiger partial charge is 0.258 e. The van der Waals surface area contributed by atoms with E-state index in [1.807, 2.05) is 42.5 Å². The SMILES string of the molecule is CN1CCC(CNC(=O)c2ccc(-n3cc(-c4cc5ccccc5[nH]c4=O)nn3)cc2)CC1. The van der Waals surface area contributed by atoms with Crippen molar-refractivity contribution < 1.29 is 4.79 Å². The fourth-order valence-corrected chi connectivity index (χ4v) is 4.22. The monoisotopic (exact) mass is 442 g/mol. The highest BCUT2D eigenvalue weighted by atomic mass is 16.1. The lowest BCUT2D eigenvalue weighted by molar-refractivity contribution is 0.0939. The van der Waals surface area contributed by atoms with Crippen molar-refractivity contribution >= 4 is 16.8 Å². The lowest BCUT2D eigenvalue weighted by atomic mass is 9.97. The first-order chi connectivity index (χ1) is 16.1. The standard InChI is InChI=1S/C25H26N6O2/c1-30-12-10-17(11-13-30)15-26-24(32)18-6-8-20(9-7-18)31-16-23(28-29-31)21-14-19-4-2-3-5-22(19)27-25(21)33/h2-9,14,16-17H,10-13,15H2,1H3,(H,26,32)(H,27,33). The summed E-state index contributed by atoms with van der Waals surface area (Å²) in [5.74, 6) is 0.471. The molecular weight excluding hydrogens is 416 g/mol. The van der Waals surface area contributed by atoms with Gasteiger partial charge in [-0.15, -0.1) is 5.10 Å². The van der Waals surface area contributed by atoms with Crippen LogP contribution in [0.4, 0.5) is 0 Å². The van der Waals surface area contributed by atoms with Crippen LogP contribution in [-0.2, 0) is 0 Å². The summed E-state index contributed by atoms with van der Waals surface area (Å²) in [6.07, 6.45) is 3.95. The van der Waals surface area contributed by atoms with Crippen LogP contribution >= 0.6 is 0 Å². The number of rotatable bonds is 5. The number of amides is 1. The van der Waals surface area contributed by atoms with E-state index in [2.05, 4.69) is 32.6 Å². The number of fused-ring (bicyclic) bond motifs is 1. The van der Waals surface area contributed by atoms with E-state index in [0.717, 1.165) is 42.5 Å². The van der Waals surface area contributed by atoms with Gasteiger partial charge < -0.3 is 15.2 Å². The highest BCUT2D eigenvalue weighted by Gasteiger charge is 2.18. The van der Waals surface area contributed by atoms with E-state index < -0.39 is 0 Å². The molecule has 0 spiro atoms. The van der Waals surface area contributed by atoms with Crippen LogP contribution in [-0.4, -0.2) is 57.5 Å². The summed E-state index contributed by atoms with van der Waals surface area (Å²) >= 11 is 0. The molecule has 1 saturated heterocycles. The Bertz CT molecular complexity index is 1330. The Morgan fingerprint density at radius 3 is 2.67 bits per heavy atom. The molecule has 1 aliphatic rings. The van der Waals surface area contributed by atoms with Crippen molar-refractivity contribution in [3.8, 4) is 16.9 Å². The second kappa shape index (κ2) is 8.99. The van der Waals surface area contributed by atoms with Gasteiger partial charge in [-0.2, -0.15) is 0 Å². The first kappa shape index (κ1) is 21.1. The molecule has 33 heavy (non-hydrogen) atoms. The van der Waals surface area contributed by atoms with Gasteiger partial charge in [0, 0.05) is 17.6 Å². The van der Waals surface area contributed by atoms with Crippen molar-refractivity contribution in [3.63, 3.8) is 0 Å². The summed E-state index contributed by atoms with van der Waals surface area (Å²) in [7, 11) is 2.13. The molecule has 2 N–H and O–H groups in total. The quantitative estimate of drug-likeness (QED) is 0.496. The minimum Gasteiger partial charge on any atom is -0.352 e. The Hall–Kier alpha value is -3.78. The molecule has 1 fully saturated rings. The third-order valence-corrected chi connectivity index (χ3v) is 6.31. The molecule has 2 aromatic carbocycles. The molecule has 0 atom stereocenters. The molecule has 4 aromatic rings. The molecule has 0 unspecified atom stereocenters. The average molecular weight is 443 g/mol. The number of nitrogens with zero attached hydrogens (tertiary/aromatic N) is 4. The van der Waals surface area contributed by atoms with Crippen LogP contribution in [0.2, 0.25) is 0 Å². The molecule has 8 nitrogen and oxygen atoms in total. The van der Waals surface area contributed by atoms with Gasteiger partial charge >= 0.3 is 0 Å². The van der Waals surface area contributed by atoms with Gasteiger partial charge in [-0.25, -0.2) is 4.68 Å². The van der Waals surface area contributed by atoms with Crippen LogP contribution in [0.5, 0.6) is 0 Å². The molecule has 1 amide bonds. The molecule has 8 heteroatoms. The van der Waals surface area contributed by atoms with E-state index in [9.17, 15) is 9.59 Å². The van der Waals surface area contributed by atoms with Crippen LogP contribution in [0.3, 0.4) is 0 Å². The van der Waals surface area contributed by atoms with Crippen LogP contribution in [0.25, 0.3) is 27.8 Å². The Morgan fingerprint density at radius 1 is 1.12 bits per heavy atom. The van der Waals surface area contributed by atoms with Gasteiger partial charge in [0.1, 0.15) is 5.69 Å². The fraction of sp³-hybridized carbons (Fsp3) is 0.280. The Balaban J connectivity index is 1.28.